The first-order chi connectivity index (χ1) is 8.27. The molecule has 1 N–H and O–H groups in total. The molecular weight excluding hydrogens is 252 g/mol. The molecule has 1 aromatic rings. The van der Waals surface area contributed by atoms with E-state index < -0.39 is 10.0 Å². The summed E-state index contributed by atoms with van der Waals surface area (Å²) in [4.78, 5) is 0. The van der Waals surface area contributed by atoms with Crippen molar-refractivity contribution in [3.05, 3.63) is 11.8 Å². The standard InChI is InChI=1S/C12H22N2O3S/c1-6-14(7-2)18(16,17)12-11(15)10(9(3)4)8-13(12)5/h8-9,15H,6-7H2,1-5H3. The highest BCUT2D eigenvalue weighted by Crippen LogP contribution is 2.34. The molecule has 0 atom stereocenters. The quantitative estimate of drug-likeness (QED) is 0.891. The van der Waals surface area contributed by atoms with Crippen LogP contribution < -0.4 is 0 Å². The average Bonchev–Trinajstić information content (AvgIpc) is 2.56. The van der Waals surface area contributed by atoms with Gasteiger partial charge >= 0.3 is 0 Å². The summed E-state index contributed by atoms with van der Waals surface area (Å²) < 4.78 is 27.7. The molecule has 104 valence electrons. The second-order valence-corrected chi connectivity index (χ2v) is 6.45. The van der Waals surface area contributed by atoms with Crippen LogP contribution in [-0.4, -0.2) is 35.5 Å². The Morgan fingerprint density at radius 2 is 1.83 bits per heavy atom. The molecule has 0 saturated heterocycles. The maximum Gasteiger partial charge on any atom is 0.262 e. The van der Waals surface area contributed by atoms with Crippen LogP contribution >= 0.6 is 0 Å². The first kappa shape index (κ1) is 15.0. The zero-order valence-electron chi connectivity index (χ0n) is 11.6. The highest BCUT2D eigenvalue weighted by Gasteiger charge is 2.30. The molecule has 0 saturated carbocycles. The van der Waals surface area contributed by atoms with Crippen LogP contribution in [0.5, 0.6) is 5.75 Å². The second-order valence-electron chi connectivity index (χ2n) is 4.59. The number of nitrogens with zero attached hydrogens (tertiary/aromatic N) is 2. The van der Waals surface area contributed by atoms with Gasteiger partial charge in [-0.2, -0.15) is 4.31 Å². The lowest BCUT2D eigenvalue weighted by molar-refractivity contribution is 0.417. The number of aryl methyl sites for hydroxylation is 1. The fourth-order valence-electron chi connectivity index (χ4n) is 2.03. The van der Waals surface area contributed by atoms with E-state index in [1.807, 2.05) is 13.8 Å². The van der Waals surface area contributed by atoms with Gasteiger partial charge < -0.3 is 9.67 Å². The van der Waals surface area contributed by atoms with E-state index in [0.717, 1.165) is 0 Å². The van der Waals surface area contributed by atoms with E-state index in [9.17, 15) is 13.5 Å². The first-order valence-corrected chi connectivity index (χ1v) is 7.59. The van der Waals surface area contributed by atoms with Gasteiger partial charge in [0.25, 0.3) is 10.0 Å². The molecular formula is C12H22N2O3S. The lowest BCUT2D eigenvalue weighted by Crippen LogP contribution is -2.31. The Hall–Kier alpha value is -1.01. The molecule has 0 amide bonds. The van der Waals surface area contributed by atoms with Crippen molar-refractivity contribution in [2.24, 2.45) is 7.05 Å². The van der Waals surface area contributed by atoms with Crippen LogP contribution in [-0.2, 0) is 17.1 Å². The topological polar surface area (TPSA) is 62.5 Å². The lowest BCUT2D eigenvalue weighted by atomic mass is 10.1. The van der Waals surface area contributed by atoms with Crippen molar-refractivity contribution in [2.45, 2.75) is 38.6 Å². The summed E-state index contributed by atoms with van der Waals surface area (Å²) in [6.45, 7) is 8.18. The molecule has 1 aromatic heterocycles. The second kappa shape index (κ2) is 5.32. The molecule has 0 aliphatic rings. The van der Waals surface area contributed by atoms with Crippen molar-refractivity contribution in [3.8, 4) is 5.75 Å². The predicted octanol–water partition coefficient (Wildman–Crippen LogP) is 1.88. The zero-order valence-corrected chi connectivity index (χ0v) is 12.5. The maximum absolute atomic E-state index is 12.4. The Kier molecular flexibility index (Phi) is 4.45. The smallest absolute Gasteiger partial charge is 0.262 e. The summed E-state index contributed by atoms with van der Waals surface area (Å²) >= 11 is 0. The highest BCUT2D eigenvalue weighted by molar-refractivity contribution is 7.89. The van der Waals surface area contributed by atoms with Crippen molar-refractivity contribution >= 4 is 10.0 Å². The van der Waals surface area contributed by atoms with E-state index in [2.05, 4.69) is 0 Å². The molecule has 6 heteroatoms. The molecule has 0 spiro atoms. The van der Waals surface area contributed by atoms with Crippen LogP contribution in [0.15, 0.2) is 11.2 Å². The van der Waals surface area contributed by atoms with Gasteiger partial charge in [0, 0.05) is 31.9 Å². The van der Waals surface area contributed by atoms with E-state index >= 15 is 0 Å². The van der Waals surface area contributed by atoms with Crippen LogP contribution in [0.4, 0.5) is 0 Å². The van der Waals surface area contributed by atoms with E-state index in [-0.39, 0.29) is 16.7 Å². The minimum absolute atomic E-state index is 0.0186. The van der Waals surface area contributed by atoms with Crippen molar-refractivity contribution in [1.29, 1.82) is 0 Å². The number of hydrogen-bond donors (Lipinski definition) is 1. The van der Waals surface area contributed by atoms with E-state index in [0.29, 0.717) is 18.7 Å². The van der Waals surface area contributed by atoms with Gasteiger partial charge in [0.05, 0.1) is 0 Å². The summed E-state index contributed by atoms with van der Waals surface area (Å²) in [5.74, 6) is -0.0451. The van der Waals surface area contributed by atoms with Gasteiger partial charge in [-0.1, -0.05) is 27.7 Å². The van der Waals surface area contributed by atoms with Crippen LogP contribution in [0, 0.1) is 0 Å². The third-order valence-electron chi connectivity index (χ3n) is 3.04. The van der Waals surface area contributed by atoms with Gasteiger partial charge in [0.1, 0.15) is 0 Å². The SMILES string of the molecule is CCN(CC)S(=O)(=O)c1c(O)c(C(C)C)cn1C. The third-order valence-corrected chi connectivity index (χ3v) is 5.21. The Bertz CT molecular complexity index is 514. The van der Waals surface area contributed by atoms with Gasteiger partial charge in [0.15, 0.2) is 10.8 Å². The van der Waals surface area contributed by atoms with Crippen LogP contribution in [0.3, 0.4) is 0 Å². The number of rotatable bonds is 5. The summed E-state index contributed by atoms with van der Waals surface area (Å²) in [6.07, 6.45) is 1.68. The fourth-order valence-corrected chi connectivity index (χ4v) is 3.73. The normalized spacial score (nSPS) is 12.6. The minimum Gasteiger partial charge on any atom is -0.505 e. The number of aromatic nitrogens is 1. The van der Waals surface area contributed by atoms with Crippen LogP contribution in [0.25, 0.3) is 0 Å². The van der Waals surface area contributed by atoms with Crippen molar-refractivity contribution in [2.75, 3.05) is 13.1 Å². The molecule has 18 heavy (non-hydrogen) atoms. The Balaban J connectivity index is 3.42. The summed E-state index contributed by atoms with van der Waals surface area (Å²) in [7, 11) is -1.99. The molecule has 0 aromatic carbocycles. The number of hydrogen-bond acceptors (Lipinski definition) is 3. The number of sulfonamides is 1. The fraction of sp³-hybridized carbons (Fsp3) is 0.667. The molecule has 0 aliphatic carbocycles. The molecule has 0 fully saturated rings. The summed E-state index contributed by atoms with van der Waals surface area (Å²) in [5.41, 5.74) is 0.656. The Morgan fingerprint density at radius 3 is 2.17 bits per heavy atom. The molecule has 5 nitrogen and oxygen atoms in total. The zero-order chi connectivity index (χ0) is 14.1. The van der Waals surface area contributed by atoms with Crippen molar-refractivity contribution in [3.63, 3.8) is 0 Å². The maximum atomic E-state index is 12.4. The Morgan fingerprint density at radius 1 is 1.33 bits per heavy atom. The van der Waals surface area contributed by atoms with Gasteiger partial charge in [-0.25, -0.2) is 8.42 Å². The summed E-state index contributed by atoms with van der Waals surface area (Å²) in [5, 5.41) is 10.1. The molecule has 0 bridgehead atoms. The molecule has 1 heterocycles. The van der Waals surface area contributed by atoms with Gasteiger partial charge in [-0.15, -0.1) is 0 Å². The lowest BCUT2D eigenvalue weighted by Gasteiger charge is -2.18. The molecule has 0 aliphatic heterocycles. The van der Waals surface area contributed by atoms with Crippen molar-refractivity contribution in [1.82, 2.24) is 8.87 Å². The average molecular weight is 274 g/mol. The van der Waals surface area contributed by atoms with Crippen LogP contribution in [0.1, 0.15) is 39.2 Å². The Labute approximate surface area is 109 Å². The molecule has 1 rings (SSSR count). The summed E-state index contributed by atoms with van der Waals surface area (Å²) in [6, 6.07) is 0. The van der Waals surface area contributed by atoms with Crippen molar-refractivity contribution < 1.29 is 13.5 Å². The van der Waals surface area contributed by atoms with Gasteiger partial charge in [0.2, 0.25) is 0 Å². The first-order valence-electron chi connectivity index (χ1n) is 6.15. The molecule has 0 radical (unpaired) electrons. The predicted molar refractivity (Wildman–Crippen MR) is 71.3 cm³/mol. The van der Waals surface area contributed by atoms with E-state index in [4.69, 9.17) is 0 Å². The number of aromatic hydroxyl groups is 1. The van der Waals surface area contributed by atoms with Gasteiger partial charge in [-0.3, -0.25) is 0 Å². The van der Waals surface area contributed by atoms with Gasteiger partial charge in [-0.05, 0) is 5.92 Å². The van der Waals surface area contributed by atoms with E-state index in [1.165, 1.54) is 8.87 Å². The third kappa shape index (κ3) is 2.40. The highest BCUT2D eigenvalue weighted by atomic mass is 32.2. The van der Waals surface area contributed by atoms with Crippen LogP contribution in [0.2, 0.25) is 0 Å². The largest absolute Gasteiger partial charge is 0.505 e. The van der Waals surface area contributed by atoms with E-state index in [1.54, 1.807) is 27.1 Å². The monoisotopic (exact) mass is 274 g/mol. The molecule has 0 unspecified atom stereocenters. The minimum atomic E-state index is -3.63.